The third kappa shape index (κ3) is 1.63. The Balaban J connectivity index is 2.27. The first-order chi connectivity index (χ1) is 6.31. The molecule has 0 aromatic heterocycles. The maximum absolute atomic E-state index is 2.41. The van der Waals surface area contributed by atoms with Crippen LogP contribution in [-0.2, 0) is 0 Å². The zero-order chi connectivity index (χ0) is 9.26. The molecule has 0 spiro atoms. The fourth-order valence-corrected chi connectivity index (χ4v) is 2.43. The minimum absolute atomic E-state index is 0.804. The van der Waals surface area contributed by atoms with Gasteiger partial charge in [0.2, 0.25) is 0 Å². The molecular formula is C13H18. The van der Waals surface area contributed by atoms with Crippen molar-refractivity contribution >= 4 is 0 Å². The van der Waals surface area contributed by atoms with E-state index < -0.39 is 0 Å². The van der Waals surface area contributed by atoms with Crippen LogP contribution >= 0.6 is 0 Å². The van der Waals surface area contributed by atoms with Crippen LogP contribution in [-0.4, -0.2) is 0 Å². The quantitative estimate of drug-likeness (QED) is 0.566. The molecule has 70 valence electrons. The Morgan fingerprint density at radius 1 is 1.46 bits per heavy atom. The molecule has 0 radical (unpaired) electrons. The molecule has 0 saturated heterocycles. The molecule has 0 bridgehead atoms. The molecule has 0 nitrogen and oxygen atoms in total. The molecule has 0 aromatic rings. The van der Waals surface area contributed by atoms with Crippen LogP contribution < -0.4 is 0 Å². The molecule has 0 aromatic carbocycles. The van der Waals surface area contributed by atoms with Gasteiger partial charge in [-0.05, 0) is 42.2 Å². The highest BCUT2D eigenvalue weighted by atomic mass is 14.3. The maximum atomic E-state index is 2.41. The standard InChI is InChI=1S/C13H18/c1-3-11-9-10(2)7-8-12-5-4-6-13(11)12/h4-6,8,10-11H,3,7,9H2,1-2H3. The van der Waals surface area contributed by atoms with Gasteiger partial charge in [0.05, 0.1) is 0 Å². The van der Waals surface area contributed by atoms with Crippen molar-refractivity contribution in [3.05, 3.63) is 35.5 Å². The lowest BCUT2D eigenvalue weighted by Crippen LogP contribution is -2.05. The second kappa shape index (κ2) is 3.53. The van der Waals surface area contributed by atoms with Crippen LogP contribution in [0.2, 0.25) is 0 Å². The highest BCUT2D eigenvalue weighted by Crippen LogP contribution is 2.36. The summed E-state index contributed by atoms with van der Waals surface area (Å²) in [5.41, 5.74) is 3.09. The van der Waals surface area contributed by atoms with Gasteiger partial charge in [-0.25, -0.2) is 0 Å². The summed E-state index contributed by atoms with van der Waals surface area (Å²) >= 11 is 0. The molecule has 0 amide bonds. The van der Waals surface area contributed by atoms with Crippen LogP contribution in [0, 0.1) is 11.8 Å². The molecule has 0 N–H and O–H groups in total. The lowest BCUT2D eigenvalue weighted by molar-refractivity contribution is 0.438. The SMILES string of the molecule is CCC1CC(C)CC=C2C=CC=C21. The number of hydrogen-bond donors (Lipinski definition) is 0. The fraction of sp³-hybridized carbons (Fsp3) is 0.538. The molecule has 2 unspecified atom stereocenters. The van der Waals surface area contributed by atoms with Gasteiger partial charge in [-0.1, -0.05) is 38.2 Å². The van der Waals surface area contributed by atoms with Gasteiger partial charge < -0.3 is 0 Å². The van der Waals surface area contributed by atoms with E-state index in [1.807, 2.05) is 0 Å². The average molecular weight is 174 g/mol. The minimum atomic E-state index is 0.804. The van der Waals surface area contributed by atoms with Crippen LogP contribution in [0.15, 0.2) is 35.5 Å². The summed E-state index contributed by atoms with van der Waals surface area (Å²) in [5, 5.41) is 0. The Kier molecular flexibility index (Phi) is 2.39. The first kappa shape index (κ1) is 8.80. The van der Waals surface area contributed by atoms with E-state index in [4.69, 9.17) is 0 Å². The molecule has 2 atom stereocenters. The molecule has 0 aliphatic heterocycles. The number of hydrogen-bond acceptors (Lipinski definition) is 0. The summed E-state index contributed by atoms with van der Waals surface area (Å²) in [4.78, 5) is 0. The topological polar surface area (TPSA) is 0 Å². The van der Waals surface area contributed by atoms with E-state index in [1.54, 1.807) is 5.57 Å². The molecule has 0 heteroatoms. The van der Waals surface area contributed by atoms with Crippen molar-refractivity contribution in [2.24, 2.45) is 11.8 Å². The summed E-state index contributed by atoms with van der Waals surface area (Å²) in [5.74, 6) is 1.66. The third-order valence-corrected chi connectivity index (χ3v) is 3.24. The Labute approximate surface area is 81.0 Å². The van der Waals surface area contributed by atoms with Gasteiger partial charge in [-0.2, -0.15) is 0 Å². The van der Waals surface area contributed by atoms with Crippen LogP contribution in [0.4, 0.5) is 0 Å². The van der Waals surface area contributed by atoms with Crippen molar-refractivity contribution in [3.63, 3.8) is 0 Å². The van der Waals surface area contributed by atoms with Crippen molar-refractivity contribution in [1.82, 2.24) is 0 Å². The van der Waals surface area contributed by atoms with Crippen molar-refractivity contribution in [3.8, 4) is 0 Å². The molecule has 0 heterocycles. The molecule has 0 saturated carbocycles. The minimum Gasteiger partial charge on any atom is -0.0767 e. The Hall–Kier alpha value is -0.780. The van der Waals surface area contributed by atoms with E-state index in [0.717, 1.165) is 11.8 Å². The summed E-state index contributed by atoms with van der Waals surface area (Å²) < 4.78 is 0. The first-order valence-corrected chi connectivity index (χ1v) is 5.40. The summed E-state index contributed by atoms with van der Waals surface area (Å²) in [6.07, 6.45) is 13.1. The Bertz CT molecular complexity index is 278. The van der Waals surface area contributed by atoms with Gasteiger partial charge in [0.25, 0.3) is 0 Å². The summed E-state index contributed by atoms with van der Waals surface area (Å²) in [7, 11) is 0. The first-order valence-electron chi connectivity index (χ1n) is 5.40. The maximum Gasteiger partial charge on any atom is -0.0156 e. The number of allylic oxidation sites excluding steroid dienone is 6. The largest absolute Gasteiger partial charge is 0.0767 e. The van der Waals surface area contributed by atoms with Gasteiger partial charge in [-0.15, -0.1) is 0 Å². The van der Waals surface area contributed by atoms with Crippen LogP contribution in [0.25, 0.3) is 0 Å². The van der Waals surface area contributed by atoms with Gasteiger partial charge in [0.15, 0.2) is 0 Å². The van der Waals surface area contributed by atoms with Gasteiger partial charge >= 0.3 is 0 Å². The average Bonchev–Trinajstić information content (AvgIpc) is 2.53. The highest BCUT2D eigenvalue weighted by Gasteiger charge is 2.22. The van der Waals surface area contributed by atoms with E-state index in [9.17, 15) is 0 Å². The molecular weight excluding hydrogens is 156 g/mol. The second-order valence-corrected chi connectivity index (χ2v) is 4.32. The zero-order valence-electron chi connectivity index (χ0n) is 8.59. The van der Waals surface area contributed by atoms with E-state index in [1.165, 1.54) is 24.8 Å². The van der Waals surface area contributed by atoms with Crippen LogP contribution in [0.3, 0.4) is 0 Å². The second-order valence-electron chi connectivity index (χ2n) is 4.32. The lowest BCUT2D eigenvalue weighted by atomic mass is 9.87. The highest BCUT2D eigenvalue weighted by molar-refractivity contribution is 5.50. The number of rotatable bonds is 1. The van der Waals surface area contributed by atoms with Crippen molar-refractivity contribution in [2.45, 2.75) is 33.1 Å². The van der Waals surface area contributed by atoms with E-state index in [0.29, 0.717) is 0 Å². The molecule has 0 fully saturated rings. The normalized spacial score (nSPS) is 32.2. The Morgan fingerprint density at radius 3 is 3.08 bits per heavy atom. The molecule has 2 aliphatic carbocycles. The number of fused-ring (bicyclic) bond motifs is 1. The zero-order valence-corrected chi connectivity index (χ0v) is 8.59. The van der Waals surface area contributed by atoms with Gasteiger partial charge in [0.1, 0.15) is 0 Å². The molecule has 13 heavy (non-hydrogen) atoms. The van der Waals surface area contributed by atoms with Crippen LogP contribution in [0.5, 0.6) is 0 Å². The van der Waals surface area contributed by atoms with E-state index >= 15 is 0 Å². The van der Waals surface area contributed by atoms with Crippen molar-refractivity contribution in [2.75, 3.05) is 0 Å². The Morgan fingerprint density at radius 2 is 2.31 bits per heavy atom. The van der Waals surface area contributed by atoms with E-state index in [2.05, 4.69) is 38.2 Å². The molecule has 2 aliphatic rings. The summed E-state index contributed by atoms with van der Waals surface area (Å²) in [6.45, 7) is 4.67. The monoisotopic (exact) mass is 174 g/mol. The van der Waals surface area contributed by atoms with Gasteiger partial charge in [-0.3, -0.25) is 0 Å². The lowest BCUT2D eigenvalue weighted by Gasteiger charge is -2.17. The van der Waals surface area contributed by atoms with E-state index in [-0.39, 0.29) is 0 Å². The smallest absolute Gasteiger partial charge is 0.0156 e. The predicted molar refractivity (Wildman–Crippen MR) is 57.5 cm³/mol. The summed E-state index contributed by atoms with van der Waals surface area (Å²) in [6, 6.07) is 0. The van der Waals surface area contributed by atoms with Crippen molar-refractivity contribution in [1.29, 1.82) is 0 Å². The van der Waals surface area contributed by atoms with Gasteiger partial charge in [0, 0.05) is 0 Å². The third-order valence-electron chi connectivity index (χ3n) is 3.24. The molecule has 2 rings (SSSR count). The predicted octanol–water partition coefficient (Wildman–Crippen LogP) is 3.87. The van der Waals surface area contributed by atoms with Crippen molar-refractivity contribution < 1.29 is 0 Å². The van der Waals surface area contributed by atoms with Crippen LogP contribution in [0.1, 0.15) is 33.1 Å². The fourth-order valence-electron chi connectivity index (χ4n) is 2.43.